The molecule has 1 atom stereocenters. The van der Waals surface area contributed by atoms with Crippen molar-refractivity contribution in [2.24, 2.45) is 0 Å². The molecule has 1 N–H and O–H groups in total. The largest absolute Gasteiger partial charge is 0.469 e. The number of nitrogens with one attached hydrogen (secondary N) is 1. The Hall–Kier alpha value is -1.39. The molecule has 0 heterocycles. The summed E-state index contributed by atoms with van der Waals surface area (Å²) in [7, 11) is 5.53. The number of benzene rings is 1. The van der Waals surface area contributed by atoms with Crippen LogP contribution >= 0.6 is 0 Å². The molecule has 0 aliphatic rings. The molecule has 1 aromatic rings. The Morgan fingerprint density at radius 3 is 2.62 bits per heavy atom. The second-order valence-electron chi connectivity index (χ2n) is 5.87. The molecule has 21 heavy (non-hydrogen) atoms. The van der Waals surface area contributed by atoms with Gasteiger partial charge in [-0.25, -0.2) is 0 Å². The number of hydrogen-bond donors (Lipinski definition) is 1. The lowest BCUT2D eigenvalue weighted by atomic mass is 9.97. The number of ether oxygens (including phenoxy) is 1. The maximum atomic E-state index is 11.6. The third-order valence-corrected chi connectivity index (χ3v) is 3.60. The van der Waals surface area contributed by atoms with Crippen molar-refractivity contribution in [3.63, 3.8) is 0 Å². The van der Waals surface area contributed by atoms with E-state index in [4.69, 9.17) is 4.74 Å². The third kappa shape index (κ3) is 6.74. The standard InChI is InChI=1S/C17H28N2O2/c1-13-6-7-15(14(2)10-13)11-16(12-17(20)21-5)18-8-9-19(3)4/h6-7,10,16,18H,8-9,11-12H2,1-5H3. The zero-order valence-corrected chi connectivity index (χ0v) is 13.9. The number of hydrogen-bond acceptors (Lipinski definition) is 4. The Balaban J connectivity index is 2.68. The van der Waals surface area contributed by atoms with E-state index in [9.17, 15) is 4.79 Å². The van der Waals surface area contributed by atoms with Gasteiger partial charge in [0.2, 0.25) is 0 Å². The van der Waals surface area contributed by atoms with Gasteiger partial charge in [-0.15, -0.1) is 0 Å². The number of carbonyl (C=O) groups excluding carboxylic acids is 1. The van der Waals surface area contributed by atoms with Gasteiger partial charge in [0, 0.05) is 19.1 Å². The van der Waals surface area contributed by atoms with Crippen molar-refractivity contribution in [2.45, 2.75) is 32.7 Å². The lowest BCUT2D eigenvalue weighted by molar-refractivity contribution is -0.141. The molecular formula is C17H28N2O2. The fraction of sp³-hybridized carbons (Fsp3) is 0.588. The summed E-state index contributed by atoms with van der Waals surface area (Å²) in [5.74, 6) is -0.165. The quantitative estimate of drug-likeness (QED) is 0.743. The van der Waals surface area contributed by atoms with Crippen LogP contribution in [0.3, 0.4) is 0 Å². The molecule has 4 nitrogen and oxygen atoms in total. The molecule has 118 valence electrons. The van der Waals surface area contributed by atoms with Crippen molar-refractivity contribution in [3.05, 3.63) is 34.9 Å². The fourth-order valence-electron chi connectivity index (χ4n) is 2.33. The van der Waals surface area contributed by atoms with Crippen LogP contribution in [0.1, 0.15) is 23.1 Å². The van der Waals surface area contributed by atoms with Gasteiger partial charge in [-0.3, -0.25) is 4.79 Å². The Kier molecular flexibility index (Phi) is 7.40. The summed E-state index contributed by atoms with van der Waals surface area (Å²) in [4.78, 5) is 13.7. The molecule has 0 radical (unpaired) electrons. The highest BCUT2D eigenvalue weighted by Gasteiger charge is 2.15. The van der Waals surface area contributed by atoms with E-state index in [0.29, 0.717) is 6.42 Å². The van der Waals surface area contributed by atoms with Gasteiger partial charge in [0.25, 0.3) is 0 Å². The van der Waals surface area contributed by atoms with Gasteiger partial charge in [-0.05, 0) is 45.5 Å². The average Bonchev–Trinajstić information content (AvgIpc) is 2.41. The Morgan fingerprint density at radius 1 is 1.33 bits per heavy atom. The second-order valence-corrected chi connectivity index (χ2v) is 5.87. The first-order valence-corrected chi connectivity index (χ1v) is 7.43. The number of rotatable bonds is 8. The minimum absolute atomic E-state index is 0.110. The number of carbonyl (C=O) groups is 1. The van der Waals surface area contributed by atoms with E-state index < -0.39 is 0 Å². The van der Waals surface area contributed by atoms with Gasteiger partial charge < -0.3 is 15.0 Å². The molecule has 0 aromatic heterocycles. The minimum atomic E-state index is -0.165. The lowest BCUT2D eigenvalue weighted by Crippen LogP contribution is -2.38. The minimum Gasteiger partial charge on any atom is -0.469 e. The molecule has 0 saturated carbocycles. The van der Waals surface area contributed by atoms with E-state index >= 15 is 0 Å². The number of nitrogens with zero attached hydrogens (tertiary/aromatic N) is 1. The van der Waals surface area contributed by atoms with Crippen molar-refractivity contribution in [3.8, 4) is 0 Å². The van der Waals surface area contributed by atoms with Gasteiger partial charge in [0.15, 0.2) is 0 Å². The lowest BCUT2D eigenvalue weighted by Gasteiger charge is -2.20. The van der Waals surface area contributed by atoms with Crippen LogP contribution in [-0.2, 0) is 16.0 Å². The molecular weight excluding hydrogens is 264 g/mol. The number of likely N-dealkylation sites (N-methyl/N-ethyl adjacent to an activating group) is 1. The smallest absolute Gasteiger partial charge is 0.307 e. The first-order chi connectivity index (χ1) is 9.92. The molecule has 0 aliphatic carbocycles. The van der Waals surface area contributed by atoms with Crippen molar-refractivity contribution in [2.75, 3.05) is 34.3 Å². The summed E-state index contributed by atoms with van der Waals surface area (Å²) in [6.45, 7) is 6.03. The van der Waals surface area contributed by atoms with E-state index in [0.717, 1.165) is 19.5 Å². The molecule has 0 saturated heterocycles. The van der Waals surface area contributed by atoms with Crippen molar-refractivity contribution >= 4 is 5.97 Å². The Morgan fingerprint density at radius 2 is 2.05 bits per heavy atom. The summed E-state index contributed by atoms with van der Waals surface area (Å²) in [5.41, 5.74) is 3.83. The summed E-state index contributed by atoms with van der Waals surface area (Å²) in [6.07, 6.45) is 1.24. The SMILES string of the molecule is COC(=O)CC(Cc1ccc(C)cc1C)NCCN(C)C. The Bertz CT molecular complexity index is 458. The van der Waals surface area contributed by atoms with Gasteiger partial charge >= 0.3 is 5.97 Å². The highest BCUT2D eigenvalue weighted by molar-refractivity contribution is 5.70. The predicted octanol–water partition coefficient (Wildman–Crippen LogP) is 1.93. The number of aryl methyl sites for hydroxylation is 2. The predicted molar refractivity (Wildman–Crippen MR) is 86.6 cm³/mol. The fourth-order valence-corrected chi connectivity index (χ4v) is 2.33. The third-order valence-electron chi connectivity index (χ3n) is 3.60. The summed E-state index contributed by atoms with van der Waals surface area (Å²) >= 11 is 0. The summed E-state index contributed by atoms with van der Waals surface area (Å²) < 4.78 is 4.81. The van der Waals surface area contributed by atoms with Crippen LogP contribution in [0.25, 0.3) is 0 Å². The van der Waals surface area contributed by atoms with Gasteiger partial charge in [-0.2, -0.15) is 0 Å². The molecule has 0 bridgehead atoms. The molecule has 0 amide bonds. The zero-order chi connectivity index (χ0) is 15.8. The maximum absolute atomic E-state index is 11.6. The summed E-state index contributed by atoms with van der Waals surface area (Å²) in [5, 5.41) is 3.46. The van der Waals surface area contributed by atoms with Crippen LogP contribution in [-0.4, -0.2) is 51.2 Å². The van der Waals surface area contributed by atoms with Crippen molar-refractivity contribution in [1.29, 1.82) is 0 Å². The summed E-state index contributed by atoms with van der Waals surface area (Å²) in [6, 6.07) is 6.57. The van der Waals surface area contributed by atoms with Crippen LogP contribution in [0.4, 0.5) is 0 Å². The molecule has 0 spiro atoms. The van der Waals surface area contributed by atoms with Crippen LogP contribution in [0, 0.1) is 13.8 Å². The van der Waals surface area contributed by atoms with Crippen LogP contribution in [0.2, 0.25) is 0 Å². The number of methoxy groups -OCH3 is 1. The molecule has 1 rings (SSSR count). The number of esters is 1. The molecule has 4 heteroatoms. The molecule has 1 aromatic carbocycles. The Labute approximate surface area is 128 Å². The first kappa shape index (κ1) is 17.7. The van der Waals surface area contributed by atoms with Crippen LogP contribution < -0.4 is 5.32 Å². The van der Waals surface area contributed by atoms with Crippen LogP contribution in [0.5, 0.6) is 0 Å². The first-order valence-electron chi connectivity index (χ1n) is 7.43. The normalized spacial score (nSPS) is 12.5. The highest BCUT2D eigenvalue weighted by atomic mass is 16.5. The second kappa shape index (κ2) is 8.80. The molecule has 1 unspecified atom stereocenters. The topological polar surface area (TPSA) is 41.6 Å². The van der Waals surface area contributed by atoms with Gasteiger partial charge in [0.05, 0.1) is 13.5 Å². The van der Waals surface area contributed by atoms with Gasteiger partial charge in [0.1, 0.15) is 0 Å². The van der Waals surface area contributed by atoms with Crippen molar-refractivity contribution in [1.82, 2.24) is 10.2 Å². The van der Waals surface area contributed by atoms with E-state index in [1.165, 1.54) is 23.8 Å². The average molecular weight is 292 g/mol. The zero-order valence-electron chi connectivity index (χ0n) is 13.9. The monoisotopic (exact) mass is 292 g/mol. The van der Waals surface area contributed by atoms with E-state index in [1.54, 1.807) is 0 Å². The van der Waals surface area contributed by atoms with Gasteiger partial charge in [-0.1, -0.05) is 23.8 Å². The van der Waals surface area contributed by atoms with E-state index in [-0.39, 0.29) is 12.0 Å². The maximum Gasteiger partial charge on any atom is 0.307 e. The van der Waals surface area contributed by atoms with Crippen molar-refractivity contribution < 1.29 is 9.53 Å². The molecule has 0 aliphatic heterocycles. The molecule has 0 fully saturated rings. The highest BCUT2D eigenvalue weighted by Crippen LogP contribution is 2.14. The van der Waals surface area contributed by atoms with E-state index in [2.05, 4.69) is 42.3 Å². The van der Waals surface area contributed by atoms with E-state index in [1.807, 2.05) is 14.1 Å². The van der Waals surface area contributed by atoms with Crippen LogP contribution in [0.15, 0.2) is 18.2 Å².